The molecule has 18 heavy (non-hydrogen) atoms. The van der Waals surface area contributed by atoms with E-state index >= 15 is 0 Å². The van der Waals surface area contributed by atoms with Gasteiger partial charge in [0, 0.05) is 10.6 Å². The highest BCUT2D eigenvalue weighted by molar-refractivity contribution is 6.30. The third-order valence-corrected chi connectivity index (χ3v) is 2.78. The van der Waals surface area contributed by atoms with Gasteiger partial charge in [-0.25, -0.2) is 4.79 Å². The number of amides is 1. The number of hydrogen-bond donors (Lipinski definition) is 2. The molecule has 1 rings (SSSR count). The zero-order valence-corrected chi connectivity index (χ0v) is 11.3. The molecule has 0 bridgehead atoms. The van der Waals surface area contributed by atoms with Crippen molar-refractivity contribution in [2.24, 2.45) is 5.41 Å². The maximum absolute atomic E-state index is 12.3. The van der Waals surface area contributed by atoms with Gasteiger partial charge in [0.05, 0.1) is 0 Å². The molecule has 0 heterocycles. The fourth-order valence-corrected chi connectivity index (χ4v) is 1.71. The predicted octanol–water partition coefficient (Wildman–Crippen LogP) is 3.21. The molecule has 0 aliphatic rings. The average molecular weight is 270 g/mol. The summed E-state index contributed by atoms with van der Waals surface area (Å²) in [6.45, 7) is 5.42. The van der Waals surface area contributed by atoms with Crippen LogP contribution in [0.2, 0.25) is 5.02 Å². The van der Waals surface area contributed by atoms with Gasteiger partial charge in [-0.3, -0.25) is 4.79 Å². The van der Waals surface area contributed by atoms with E-state index in [1.165, 1.54) is 0 Å². The van der Waals surface area contributed by atoms with Crippen molar-refractivity contribution in [3.63, 3.8) is 0 Å². The summed E-state index contributed by atoms with van der Waals surface area (Å²) in [5.41, 5.74) is -0.0668. The summed E-state index contributed by atoms with van der Waals surface area (Å²) in [5, 5.41) is 11.6. The first kappa shape index (κ1) is 14.5. The lowest BCUT2D eigenvalue weighted by Crippen LogP contribution is -2.48. The minimum absolute atomic E-state index is 0.262. The van der Waals surface area contributed by atoms with E-state index in [9.17, 15) is 9.59 Å². The van der Waals surface area contributed by atoms with E-state index in [1.54, 1.807) is 45.0 Å². The Balaban J connectivity index is 3.02. The highest BCUT2D eigenvalue weighted by Gasteiger charge is 2.33. The molecule has 0 saturated carbocycles. The lowest BCUT2D eigenvalue weighted by atomic mass is 9.82. The van der Waals surface area contributed by atoms with Gasteiger partial charge >= 0.3 is 6.09 Å². The summed E-state index contributed by atoms with van der Waals surface area (Å²) in [6.07, 6.45) is -1.21. The second kappa shape index (κ2) is 5.40. The van der Waals surface area contributed by atoms with Gasteiger partial charge in [-0.15, -0.1) is 0 Å². The van der Waals surface area contributed by atoms with Gasteiger partial charge in [0.15, 0.2) is 5.78 Å². The number of nitrogens with one attached hydrogen (secondary N) is 1. The third-order valence-electron chi connectivity index (χ3n) is 2.52. The quantitative estimate of drug-likeness (QED) is 0.828. The Labute approximate surface area is 111 Å². The molecule has 1 atom stereocenters. The number of carbonyl (C=O) groups is 2. The average Bonchev–Trinajstić information content (AvgIpc) is 2.24. The van der Waals surface area contributed by atoms with Gasteiger partial charge in [0.1, 0.15) is 6.04 Å². The summed E-state index contributed by atoms with van der Waals surface area (Å²) < 4.78 is 0. The summed E-state index contributed by atoms with van der Waals surface area (Å²) in [4.78, 5) is 23.0. The molecule has 1 amide bonds. The Bertz CT molecular complexity index is 448. The van der Waals surface area contributed by atoms with Crippen molar-refractivity contribution in [1.82, 2.24) is 5.32 Å². The normalized spacial score (nSPS) is 12.9. The molecule has 0 fully saturated rings. The van der Waals surface area contributed by atoms with E-state index in [0.29, 0.717) is 10.6 Å². The molecule has 0 radical (unpaired) electrons. The van der Waals surface area contributed by atoms with Gasteiger partial charge in [-0.2, -0.15) is 0 Å². The number of hydrogen-bond acceptors (Lipinski definition) is 2. The van der Waals surface area contributed by atoms with Crippen molar-refractivity contribution in [3.05, 3.63) is 34.9 Å². The number of carbonyl (C=O) groups excluding carboxylic acids is 1. The maximum atomic E-state index is 12.3. The second-order valence-electron chi connectivity index (χ2n) is 5.12. The van der Waals surface area contributed by atoms with Crippen molar-refractivity contribution < 1.29 is 14.7 Å². The number of carboxylic acid groups (broad SMARTS) is 1. The van der Waals surface area contributed by atoms with Crippen LogP contribution < -0.4 is 5.32 Å². The van der Waals surface area contributed by atoms with Crippen LogP contribution in [-0.2, 0) is 0 Å². The highest BCUT2D eigenvalue weighted by Crippen LogP contribution is 2.23. The smallest absolute Gasteiger partial charge is 0.405 e. The monoisotopic (exact) mass is 269 g/mol. The van der Waals surface area contributed by atoms with Crippen molar-refractivity contribution >= 4 is 23.5 Å². The minimum Gasteiger partial charge on any atom is -0.465 e. The molecule has 4 nitrogen and oxygen atoms in total. The van der Waals surface area contributed by atoms with Crippen LogP contribution in [0.25, 0.3) is 0 Å². The van der Waals surface area contributed by atoms with Crippen molar-refractivity contribution in [2.75, 3.05) is 0 Å². The Hall–Kier alpha value is -1.55. The van der Waals surface area contributed by atoms with Gasteiger partial charge in [-0.05, 0) is 29.7 Å². The van der Waals surface area contributed by atoms with Crippen molar-refractivity contribution in [3.8, 4) is 0 Å². The first-order valence-electron chi connectivity index (χ1n) is 5.51. The van der Waals surface area contributed by atoms with Crippen LogP contribution in [0.5, 0.6) is 0 Å². The number of benzene rings is 1. The fraction of sp³-hybridized carbons (Fsp3) is 0.385. The van der Waals surface area contributed by atoms with Gasteiger partial charge in [-0.1, -0.05) is 32.4 Å². The van der Waals surface area contributed by atoms with Gasteiger partial charge in [0.25, 0.3) is 0 Å². The van der Waals surface area contributed by atoms with E-state index < -0.39 is 17.6 Å². The predicted molar refractivity (Wildman–Crippen MR) is 70.2 cm³/mol. The third kappa shape index (κ3) is 3.74. The first-order valence-corrected chi connectivity index (χ1v) is 5.89. The van der Waals surface area contributed by atoms with Crippen molar-refractivity contribution in [2.45, 2.75) is 26.8 Å². The summed E-state index contributed by atoms with van der Waals surface area (Å²) >= 11 is 5.75. The Morgan fingerprint density at radius 2 is 1.72 bits per heavy atom. The van der Waals surface area contributed by atoms with Gasteiger partial charge < -0.3 is 10.4 Å². The summed E-state index contributed by atoms with van der Waals surface area (Å²) in [7, 11) is 0. The molecule has 0 aliphatic carbocycles. The number of ketones is 1. The molecule has 0 aliphatic heterocycles. The zero-order valence-electron chi connectivity index (χ0n) is 10.5. The Kier molecular flexibility index (Phi) is 4.35. The highest BCUT2D eigenvalue weighted by atomic mass is 35.5. The summed E-state index contributed by atoms with van der Waals surface area (Å²) in [6, 6.07) is 5.60. The van der Waals surface area contributed by atoms with Crippen LogP contribution in [0.3, 0.4) is 0 Å². The van der Waals surface area contributed by atoms with E-state index in [2.05, 4.69) is 5.32 Å². The Morgan fingerprint density at radius 3 is 2.11 bits per heavy atom. The number of halogens is 1. The second-order valence-corrected chi connectivity index (χ2v) is 5.56. The maximum Gasteiger partial charge on any atom is 0.405 e. The molecule has 1 unspecified atom stereocenters. The number of rotatable bonds is 3. The molecule has 0 aromatic heterocycles. The number of Topliss-reactive ketones (excluding diaryl/α,β-unsaturated/α-hetero) is 1. The van der Waals surface area contributed by atoms with E-state index in [1.807, 2.05) is 0 Å². The van der Waals surface area contributed by atoms with Gasteiger partial charge in [0.2, 0.25) is 0 Å². The SMILES string of the molecule is CC(C)(C)C(NC(=O)O)C(=O)c1ccc(Cl)cc1. The molecular weight excluding hydrogens is 254 g/mol. The molecule has 0 saturated heterocycles. The lowest BCUT2D eigenvalue weighted by Gasteiger charge is -2.29. The van der Waals surface area contributed by atoms with Crippen LogP contribution in [0.4, 0.5) is 4.79 Å². The van der Waals surface area contributed by atoms with Crippen LogP contribution in [0.15, 0.2) is 24.3 Å². The zero-order chi connectivity index (χ0) is 13.9. The first-order chi connectivity index (χ1) is 8.21. The van der Waals surface area contributed by atoms with Crippen LogP contribution in [0, 0.1) is 5.41 Å². The topological polar surface area (TPSA) is 66.4 Å². The van der Waals surface area contributed by atoms with E-state index in [0.717, 1.165) is 0 Å². The summed E-state index contributed by atoms with van der Waals surface area (Å²) in [5.74, 6) is -0.262. The molecule has 5 heteroatoms. The van der Waals surface area contributed by atoms with Crippen LogP contribution in [-0.4, -0.2) is 23.0 Å². The van der Waals surface area contributed by atoms with Crippen molar-refractivity contribution in [1.29, 1.82) is 0 Å². The molecular formula is C13H16ClNO3. The molecule has 1 aromatic rings. The van der Waals surface area contributed by atoms with E-state index in [-0.39, 0.29) is 5.78 Å². The minimum atomic E-state index is -1.21. The van der Waals surface area contributed by atoms with Crippen LogP contribution >= 0.6 is 11.6 Å². The molecule has 0 spiro atoms. The standard InChI is InChI=1S/C13H16ClNO3/c1-13(2,3)11(15-12(17)18)10(16)8-4-6-9(14)7-5-8/h4-7,11,15H,1-3H3,(H,17,18). The molecule has 1 aromatic carbocycles. The largest absolute Gasteiger partial charge is 0.465 e. The lowest BCUT2D eigenvalue weighted by molar-refractivity contribution is 0.0857. The Morgan fingerprint density at radius 1 is 1.22 bits per heavy atom. The van der Waals surface area contributed by atoms with Crippen LogP contribution in [0.1, 0.15) is 31.1 Å². The molecule has 98 valence electrons. The fourth-order valence-electron chi connectivity index (χ4n) is 1.58. The van der Waals surface area contributed by atoms with E-state index in [4.69, 9.17) is 16.7 Å². The molecule has 2 N–H and O–H groups in total.